The Morgan fingerprint density at radius 2 is 1.97 bits per heavy atom. The van der Waals surface area contributed by atoms with Gasteiger partial charge in [-0.3, -0.25) is 9.59 Å². The minimum absolute atomic E-state index is 0.0808. The summed E-state index contributed by atoms with van der Waals surface area (Å²) in [6.45, 7) is 2.06. The topological polar surface area (TPSA) is 80.0 Å². The summed E-state index contributed by atoms with van der Waals surface area (Å²) in [5, 5.41) is 12.9. The Labute approximate surface area is 171 Å². The highest BCUT2D eigenvalue weighted by Gasteiger charge is 2.47. The van der Waals surface area contributed by atoms with Gasteiger partial charge in [-0.25, -0.2) is 0 Å². The first-order valence-electron chi connectivity index (χ1n) is 9.00. The number of methoxy groups -OCH3 is 1. The Kier molecular flexibility index (Phi) is 4.98. The third-order valence-electron chi connectivity index (χ3n) is 4.96. The molecule has 0 aliphatic carbocycles. The van der Waals surface area contributed by atoms with Crippen molar-refractivity contribution in [3.05, 3.63) is 81.4 Å². The van der Waals surface area contributed by atoms with Crippen LogP contribution in [0, 0.1) is 6.92 Å². The fourth-order valence-electron chi connectivity index (χ4n) is 3.46. The Hall–Kier alpha value is -3.32. The second-order valence-electron chi connectivity index (χ2n) is 6.70. The maximum absolute atomic E-state index is 12.9. The molecule has 1 atom stereocenters. The molecule has 1 aromatic carbocycles. The number of rotatable bonds is 5. The van der Waals surface area contributed by atoms with Crippen LogP contribution in [0.25, 0.3) is 5.76 Å². The first kappa shape index (κ1) is 19.0. The zero-order valence-electron chi connectivity index (χ0n) is 15.9. The van der Waals surface area contributed by atoms with Gasteiger partial charge >= 0.3 is 0 Å². The molecule has 0 radical (unpaired) electrons. The van der Waals surface area contributed by atoms with E-state index in [0.29, 0.717) is 17.1 Å². The number of Topliss-reactive ketones (excluding diaryl/α,β-unsaturated/α-hetero) is 1. The fourth-order valence-corrected chi connectivity index (χ4v) is 4.50. The zero-order valence-corrected chi connectivity index (χ0v) is 16.7. The van der Waals surface area contributed by atoms with E-state index in [4.69, 9.17) is 9.15 Å². The molecule has 29 heavy (non-hydrogen) atoms. The average Bonchev–Trinajstić information content (AvgIpc) is 3.45. The van der Waals surface area contributed by atoms with E-state index in [-0.39, 0.29) is 17.9 Å². The van der Waals surface area contributed by atoms with Crippen molar-refractivity contribution < 1.29 is 23.8 Å². The summed E-state index contributed by atoms with van der Waals surface area (Å²) in [6, 6.07) is 11.4. The monoisotopic (exact) mass is 409 g/mol. The summed E-state index contributed by atoms with van der Waals surface area (Å²) in [5.74, 6) is -0.372. The Morgan fingerprint density at radius 3 is 2.55 bits per heavy atom. The molecule has 148 valence electrons. The number of likely N-dealkylation sites (tertiary alicyclic amines) is 1. The number of hydrogen-bond donors (Lipinski definition) is 1. The standard InChI is InChI=1S/C22H19NO5S/c1-13-9-11-29-21(13)18-17(19(24)14-5-7-15(27-2)8-6-14)20(25)22(26)23(18)12-16-4-3-10-28-16/h3-11,18,24H,12H2,1-2H3. The second-order valence-corrected chi connectivity index (χ2v) is 7.65. The van der Waals surface area contributed by atoms with E-state index in [2.05, 4.69) is 0 Å². The van der Waals surface area contributed by atoms with E-state index < -0.39 is 17.7 Å². The first-order chi connectivity index (χ1) is 14.0. The highest BCUT2D eigenvalue weighted by atomic mass is 32.1. The van der Waals surface area contributed by atoms with Crippen LogP contribution >= 0.6 is 11.3 Å². The van der Waals surface area contributed by atoms with Crippen molar-refractivity contribution in [2.45, 2.75) is 19.5 Å². The van der Waals surface area contributed by atoms with Crippen molar-refractivity contribution in [3.63, 3.8) is 0 Å². The number of nitrogens with zero attached hydrogens (tertiary/aromatic N) is 1. The number of aliphatic hydroxyl groups is 1. The van der Waals surface area contributed by atoms with Gasteiger partial charge in [0.25, 0.3) is 11.7 Å². The SMILES string of the molecule is COc1ccc(C(O)=C2C(=O)C(=O)N(Cc3ccco3)C2c2sccc2C)cc1. The molecule has 7 heteroatoms. The van der Waals surface area contributed by atoms with Crippen LogP contribution in [0.3, 0.4) is 0 Å². The number of ether oxygens (including phenoxy) is 1. The third-order valence-corrected chi connectivity index (χ3v) is 6.03. The van der Waals surface area contributed by atoms with Gasteiger partial charge in [0.2, 0.25) is 0 Å². The summed E-state index contributed by atoms with van der Waals surface area (Å²) in [5.41, 5.74) is 1.48. The van der Waals surface area contributed by atoms with Crippen molar-refractivity contribution in [1.82, 2.24) is 4.90 Å². The first-order valence-corrected chi connectivity index (χ1v) is 9.88. The van der Waals surface area contributed by atoms with E-state index in [1.807, 2.05) is 18.4 Å². The number of benzene rings is 1. The lowest BCUT2D eigenvalue weighted by Gasteiger charge is -2.24. The number of thiophene rings is 1. The molecule has 1 N–H and O–H groups in total. The number of amides is 1. The van der Waals surface area contributed by atoms with Gasteiger partial charge < -0.3 is 19.2 Å². The molecule has 1 amide bonds. The van der Waals surface area contributed by atoms with Gasteiger partial charge in [0.1, 0.15) is 23.3 Å². The van der Waals surface area contributed by atoms with Crippen LogP contribution in [-0.2, 0) is 16.1 Å². The van der Waals surface area contributed by atoms with Gasteiger partial charge in [-0.05, 0) is 60.3 Å². The summed E-state index contributed by atoms with van der Waals surface area (Å²) >= 11 is 1.45. The molecule has 1 unspecified atom stereocenters. The lowest BCUT2D eigenvalue weighted by Crippen LogP contribution is -2.28. The number of hydrogen-bond acceptors (Lipinski definition) is 6. The molecule has 3 heterocycles. The van der Waals surface area contributed by atoms with Crippen LogP contribution in [-0.4, -0.2) is 28.8 Å². The number of furan rings is 1. The van der Waals surface area contributed by atoms with E-state index in [0.717, 1.165) is 10.4 Å². The van der Waals surface area contributed by atoms with Crippen molar-refractivity contribution in [1.29, 1.82) is 0 Å². The second kappa shape index (κ2) is 7.60. The van der Waals surface area contributed by atoms with Crippen molar-refractivity contribution in [2.24, 2.45) is 0 Å². The largest absolute Gasteiger partial charge is 0.507 e. The van der Waals surface area contributed by atoms with Crippen LogP contribution in [0.15, 0.2) is 64.1 Å². The van der Waals surface area contributed by atoms with Crippen LogP contribution in [0.2, 0.25) is 0 Å². The van der Waals surface area contributed by atoms with E-state index >= 15 is 0 Å². The lowest BCUT2D eigenvalue weighted by molar-refractivity contribution is -0.140. The molecule has 3 aromatic rings. The van der Waals surface area contributed by atoms with Gasteiger partial charge in [0.15, 0.2) is 0 Å². The van der Waals surface area contributed by atoms with Gasteiger partial charge in [-0.1, -0.05) is 0 Å². The molecular weight excluding hydrogens is 390 g/mol. The Morgan fingerprint density at radius 1 is 1.21 bits per heavy atom. The van der Waals surface area contributed by atoms with Crippen LogP contribution in [0.1, 0.15) is 27.8 Å². The van der Waals surface area contributed by atoms with Crippen LogP contribution in [0.5, 0.6) is 5.75 Å². The van der Waals surface area contributed by atoms with Crippen LogP contribution in [0.4, 0.5) is 0 Å². The maximum Gasteiger partial charge on any atom is 0.296 e. The zero-order chi connectivity index (χ0) is 20.5. The molecule has 1 aliphatic heterocycles. The average molecular weight is 409 g/mol. The minimum atomic E-state index is -0.706. The molecule has 0 bridgehead atoms. The highest BCUT2D eigenvalue weighted by molar-refractivity contribution is 7.10. The van der Waals surface area contributed by atoms with Gasteiger partial charge in [0.05, 0.1) is 25.5 Å². The lowest BCUT2D eigenvalue weighted by atomic mass is 9.98. The molecular formula is C22H19NO5S. The maximum atomic E-state index is 12.9. The molecule has 0 saturated carbocycles. The van der Waals surface area contributed by atoms with Gasteiger partial charge in [-0.2, -0.15) is 0 Å². The predicted octanol–water partition coefficient (Wildman–Crippen LogP) is 4.28. The quantitative estimate of drug-likeness (QED) is 0.387. The highest BCUT2D eigenvalue weighted by Crippen LogP contribution is 2.43. The number of carbonyl (C=O) groups excluding carboxylic acids is 2. The summed E-state index contributed by atoms with van der Waals surface area (Å²) in [6.07, 6.45) is 1.52. The van der Waals surface area contributed by atoms with Crippen molar-refractivity contribution >= 4 is 28.8 Å². The molecule has 6 nitrogen and oxygen atoms in total. The molecule has 1 saturated heterocycles. The van der Waals surface area contributed by atoms with Crippen molar-refractivity contribution in [2.75, 3.05) is 7.11 Å². The predicted molar refractivity (Wildman–Crippen MR) is 109 cm³/mol. The van der Waals surface area contributed by atoms with E-state index in [9.17, 15) is 14.7 Å². The molecule has 2 aromatic heterocycles. The van der Waals surface area contributed by atoms with Gasteiger partial charge in [-0.15, -0.1) is 11.3 Å². The van der Waals surface area contributed by atoms with Crippen LogP contribution < -0.4 is 4.74 Å². The smallest absolute Gasteiger partial charge is 0.296 e. The molecule has 1 aliphatic rings. The summed E-state index contributed by atoms with van der Waals surface area (Å²) in [7, 11) is 1.55. The van der Waals surface area contributed by atoms with E-state index in [1.54, 1.807) is 43.5 Å². The number of aliphatic hydroxyl groups excluding tert-OH is 1. The Balaban J connectivity index is 1.84. The Bertz CT molecular complexity index is 1080. The van der Waals surface area contributed by atoms with Gasteiger partial charge in [0, 0.05) is 10.4 Å². The minimum Gasteiger partial charge on any atom is -0.507 e. The summed E-state index contributed by atoms with van der Waals surface area (Å²) < 4.78 is 10.5. The number of carbonyl (C=O) groups is 2. The molecule has 0 spiro atoms. The normalized spacial score (nSPS) is 18.4. The molecule has 4 rings (SSSR count). The molecule has 1 fully saturated rings. The van der Waals surface area contributed by atoms with Crippen molar-refractivity contribution in [3.8, 4) is 5.75 Å². The fraction of sp³-hybridized carbons (Fsp3) is 0.182. The number of ketones is 1. The number of aryl methyl sites for hydroxylation is 1. The summed E-state index contributed by atoms with van der Waals surface area (Å²) in [4.78, 5) is 28.1. The van der Waals surface area contributed by atoms with E-state index in [1.165, 1.54) is 22.5 Å². The third kappa shape index (κ3) is 3.34.